The van der Waals surface area contributed by atoms with Crippen molar-refractivity contribution in [3.8, 4) is 11.5 Å². The summed E-state index contributed by atoms with van der Waals surface area (Å²) in [7, 11) is 0. The smallest absolute Gasteiger partial charge is 0.255 e. The summed E-state index contributed by atoms with van der Waals surface area (Å²) in [6.45, 7) is 2.48. The minimum Gasteiger partial charge on any atom is -0.457 e. The Labute approximate surface area is 106 Å². The van der Waals surface area contributed by atoms with E-state index in [1.54, 1.807) is 12.1 Å². The molecule has 18 heavy (non-hydrogen) atoms. The van der Waals surface area contributed by atoms with E-state index in [1.165, 1.54) is 0 Å². The molecular weight excluding hydrogens is 226 g/mol. The van der Waals surface area contributed by atoms with Gasteiger partial charge in [-0.15, -0.1) is 0 Å². The number of ether oxygens (including phenoxy) is 1. The highest BCUT2D eigenvalue weighted by atomic mass is 16.5. The van der Waals surface area contributed by atoms with E-state index in [0.29, 0.717) is 23.6 Å². The molecule has 0 aliphatic heterocycles. The van der Waals surface area contributed by atoms with E-state index < -0.39 is 0 Å². The van der Waals surface area contributed by atoms with Gasteiger partial charge in [0.15, 0.2) is 0 Å². The number of hydrogen-bond acceptors (Lipinski definition) is 2. The molecule has 0 aliphatic rings. The summed E-state index contributed by atoms with van der Waals surface area (Å²) in [5, 5.41) is 2.77. The Morgan fingerprint density at radius 3 is 2.44 bits per heavy atom. The van der Waals surface area contributed by atoms with Crippen molar-refractivity contribution in [1.29, 1.82) is 0 Å². The normalized spacial score (nSPS) is 9.83. The molecule has 0 atom stereocenters. The summed E-state index contributed by atoms with van der Waals surface area (Å²) >= 11 is 0. The van der Waals surface area contributed by atoms with E-state index in [2.05, 4.69) is 5.32 Å². The van der Waals surface area contributed by atoms with Gasteiger partial charge in [0.2, 0.25) is 0 Å². The first-order chi connectivity index (χ1) is 8.81. The van der Waals surface area contributed by atoms with Gasteiger partial charge in [-0.2, -0.15) is 0 Å². The standard InChI is InChI=1S/C15H15NO2/c1-2-16-15(17)13-10-6-7-11-14(13)18-12-8-4-3-5-9-12/h3-11H,2H2,1H3,(H,16,17). The van der Waals surface area contributed by atoms with Crippen molar-refractivity contribution in [3.63, 3.8) is 0 Å². The Hall–Kier alpha value is -2.29. The summed E-state index contributed by atoms with van der Waals surface area (Å²) < 4.78 is 5.72. The first kappa shape index (κ1) is 12.2. The molecule has 0 unspecified atom stereocenters. The van der Waals surface area contributed by atoms with Gasteiger partial charge in [0.25, 0.3) is 5.91 Å². The molecule has 0 spiro atoms. The fraction of sp³-hybridized carbons (Fsp3) is 0.133. The summed E-state index contributed by atoms with van der Waals surface area (Å²) in [6, 6.07) is 16.6. The van der Waals surface area contributed by atoms with Crippen LogP contribution in [0.2, 0.25) is 0 Å². The maximum atomic E-state index is 11.9. The average molecular weight is 241 g/mol. The molecule has 0 aliphatic carbocycles. The molecule has 1 N–H and O–H groups in total. The van der Waals surface area contributed by atoms with Crippen LogP contribution in [-0.4, -0.2) is 12.5 Å². The van der Waals surface area contributed by atoms with E-state index >= 15 is 0 Å². The van der Waals surface area contributed by atoms with E-state index in [4.69, 9.17) is 4.74 Å². The van der Waals surface area contributed by atoms with Crippen LogP contribution >= 0.6 is 0 Å². The van der Waals surface area contributed by atoms with Gasteiger partial charge >= 0.3 is 0 Å². The number of benzene rings is 2. The quantitative estimate of drug-likeness (QED) is 0.892. The van der Waals surface area contributed by atoms with Crippen LogP contribution in [0, 0.1) is 0 Å². The first-order valence-corrected chi connectivity index (χ1v) is 5.91. The van der Waals surface area contributed by atoms with Crippen molar-refractivity contribution in [1.82, 2.24) is 5.32 Å². The number of amides is 1. The van der Waals surface area contributed by atoms with Crippen LogP contribution in [-0.2, 0) is 0 Å². The predicted octanol–water partition coefficient (Wildman–Crippen LogP) is 3.23. The Kier molecular flexibility index (Phi) is 3.97. The number of hydrogen-bond donors (Lipinski definition) is 1. The van der Waals surface area contributed by atoms with Gasteiger partial charge < -0.3 is 10.1 Å². The van der Waals surface area contributed by atoms with Crippen LogP contribution in [0.1, 0.15) is 17.3 Å². The van der Waals surface area contributed by atoms with Crippen molar-refractivity contribution >= 4 is 5.91 Å². The lowest BCUT2D eigenvalue weighted by Crippen LogP contribution is -2.23. The molecule has 3 nitrogen and oxygen atoms in total. The Morgan fingerprint density at radius 2 is 1.72 bits per heavy atom. The van der Waals surface area contributed by atoms with Gasteiger partial charge in [0.05, 0.1) is 5.56 Å². The second-order valence-corrected chi connectivity index (χ2v) is 3.77. The number of carbonyl (C=O) groups excluding carboxylic acids is 1. The lowest BCUT2D eigenvalue weighted by Gasteiger charge is -2.10. The molecule has 0 bridgehead atoms. The van der Waals surface area contributed by atoms with E-state index in [1.807, 2.05) is 49.4 Å². The molecule has 2 aromatic rings. The second kappa shape index (κ2) is 5.87. The van der Waals surface area contributed by atoms with E-state index in [9.17, 15) is 4.79 Å². The predicted molar refractivity (Wildman–Crippen MR) is 71.0 cm³/mol. The lowest BCUT2D eigenvalue weighted by atomic mass is 10.2. The van der Waals surface area contributed by atoms with Gasteiger partial charge in [-0.05, 0) is 31.2 Å². The van der Waals surface area contributed by atoms with Crippen LogP contribution in [0.15, 0.2) is 54.6 Å². The van der Waals surface area contributed by atoms with Crippen molar-refractivity contribution in [2.45, 2.75) is 6.92 Å². The monoisotopic (exact) mass is 241 g/mol. The summed E-state index contributed by atoms with van der Waals surface area (Å²) in [6.07, 6.45) is 0. The molecule has 3 heteroatoms. The molecule has 1 amide bonds. The van der Waals surface area contributed by atoms with Crippen molar-refractivity contribution in [2.75, 3.05) is 6.54 Å². The van der Waals surface area contributed by atoms with Crippen molar-refractivity contribution in [2.24, 2.45) is 0 Å². The topological polar surface area (TPSA) is 38.3 Å². The molecular formula is C15H15NO2. The third-order valence-electron chi connectivity index (χ3n) is 2.44. The third-order valence-corrected chi connectivity index (χ3v) is 2.44. The zero-order valence-corrected chi connectivity index (χ0v) is 10.2. The van der Waals surface area contributed by atoms with Crippen LogP contribution in [0.3, 0.4) is 0 Å². The number of carbonyl (C=O) groups is 1. The Balaban J connectivity index is 2.25. The zero-order valence-electron chi connectivity index (χ0n) is 10.2. The largest absolute Gasteiger partial charge is 0.457 e. The van der Waals surface area contributed by atoms with Gasteiger partial charge in [-0.1, -0.05) is 30.3 Å². The molecule has 0 saturated heterocycles. The molecule has 0 heterocycles. The minimum atomic E-state index is -0.121. The molecule has 2 rings (SSSR count). The number of para-hydroxylation sites is 2. The molecule has 0 saturated carbocycles. The third kappa shape index (κ3) is 2.88. The van der Waals surface area contributed by atoms with Gasteiger partial charge in [0, 0.05) is 6.54 Å². The number of rotatable bonds is 4. The first-order valence-electron chi connectivity index (χ1n) is 5.91. The SMILES string of the molecule is CCNC(=O)c1ccccc1Oc1ccccc1. The summed E-state index contributed by atoms with van der Waals surface area (Å²) in [5.74, 6) is 1.16. The average Bonchev–Trinajstić information content (AvgIpc) is 2.41. The highest BCUT2D eigenvalue weighted by molar-refractivity contribution is 5.96. The highest BCUT2D eigenvalue weighted by Gasteiger charge is 2.11. The molecule has 2 aromatic carbocycles. The molecule has 0 aromatic heterocycles. The Morgan fingerprint density at radius 1 is 1.06 bits per heavy atom. The molecule has 92 valence electrons. The summed E-state index contributed by atoms with van der Waals surface area (Å²) in [5.41, 5.74) is 0.545. The molecule has 0 radical (unpaired) electrons. The Bertz CT molecular complexity index is 523. The van der Waals surface area contributed by atoms with Gasteiger partial charge in [-0.25, -0.2) is 0 Å². The zero-order chi connectivity index (χ0) is 12.8. The second-order valence-electron chi connectivity index (χ2n) is 3.77. The van der Waals surface area contributed by atoms with E-state index in [-0.39, 0.29) is 5.91 Å². The molecule has 0 fully saturated rings. The maximum Gasteiger partial charge on any atom is 0.255 e. The van der Waals surface area contributed by atoms with Crippen molar-refractivity contribution < 1.29 is 9.53 Å². The van der Waals surface area contributed by atoms with Crippen molar-refractivity contribution in [3.05, 3.63) is 60.2 Å². The minimum absolute atomic E-state index is 0.121. The number of nitrogens with one attached hydrogen (secondary N) is 1. The van der Waals surface area contributed by atoms with Crippen LogP contribution < -0.4 is 10.1 Å². The van der Waals surface area contributed by atoms with Crippen LogP contribution in [0.25, 0.3) is 0 Å². The maximum absolute atomic E-state index is 11.9. The highest BCUT2D eigenvalue weighted by Crippen LogP contribution is 2.24. The van der Waals surface area contributed by atoms with E-state index in [0.717, 1.165) is 0 Å². The van der Waals surface area contributed by atoms with Gasteiger partial charge in [-0.3, -0.25) is 4.79 Å². The van der Waals surface area contributed by atoms with Crippen LogP contribution in [0.4, 0.5) is 0 Å². The van der Waals surface area contributed by atoms with Crippen LogP contribution in [0.5, 0.6) is 11.5 Å². The van der Waals surface area contributed by atoms with Gasteiger partial charge in [0.1, 0.15) is 11.5 Å². The summed E-state index contributed by atoms with van der Waals surface area (Å²) in [4.78, 5) is 11.9. The lowest BCUT2D eigenvalue weighted by molar-refractivity contribution is 0.0953. The fourth-order valence-corrected chi connectivity index (χ4v) is 1.61. The fourth-order valence-electron chi connectivity index (χ4n) is 1.61.